The van der Waals surface area contributed by atoms with Gasteiger partial charge in [0.25, 0.3) is 0 Å². The van der Waals surface area contributed by atoms with Crippen LogP contribution in [0, 0.1) is 0 Å². The predicted molar refractivity (Wildman–Crippen MR) is 241 cm³/mol. The van der Waals surface area contributed by atoms with E-state index in [9.17, 15) is 19.2 Å². The zero-order chi connectivity index (χ0) is 42.2. The van der Waals surface area contributed by atoms with E-state index in [1.165, 1.54) is 73.8 Å². The summed E-state index contributed by atoms with van der Waals surface area (Å²) in [5.74, 6) is -1.68. The lowest BCUT2D eigenvalue weighted by molar-refractivity contribution is 0.0593. The molecule has 2 aliphatic rings. The minimum absolute atomic E-state index is 0.419. The van der Waals surface area contributed by atoms with E-state index in [1.54, 1.807) is 24.3 Å². The molecule has 4 aromatic heterocycles. The summed E-state index contributed by atoms with van der Waals surface area (Å²) < 4.78 is 20.8. The molecule has 10 rings (SSSR count). The first-order chi connectivity index (χ1) is 29.7. The van der Waals surface area contributed by atoms with Crippen molar-refractivity contribution in [1.82, 2.24) is 0 Å². The SMILES string of the molecule is COC(=O)c1ccsc1-c1ccc2c(c1)C1(c3cc(-c4sccc4C(=O)OC)ccc3-2)c2cc(-c3sccc3C(=O)OC)ccc2-c2ccc(-c3sccc3C(=O)OC)cc21. The van der Waals surface area contributed by atoms with Crippen LogP contribution in [0.5, 0.6) is 0 Å². The number of rotatable bonds is 8. The van der Waals surface area contributed by atoms with E-state index in [2.05, 4.69) is 72.8 Å². The molecule has 0 aliphatic heterocycles. The Balaban J connectivity index is 1.32. The maximum Gasteiger partial charge on any atom is 0.339 e. The van der Waals surface area contributed by atoms with Gasteiger partial charge in [-0.3, -0.25) is 0 Å². The van der Waals surface area contributed by atoms with Crippen LogP contribution < -0.4 is 0 Å². The molecule has 0 fully saturated rings. The van der Waals surface area contributed by atoms with Gasteiger partial charge in [0, 0.05) is 19.5 Å². The van der Waals surface area contributed by atoms with Gasteiger partial charge in [0.15, 0.2) is 0 Å². The topological polar surface area (TPSA) is 105 Å². The molecular weight excluding hydrogens is 845 g/mol. The number of methoxy groups -OCH3 is 4. The summed E-state index contributed by atoms with van der Waals surface area (Å²) in [6, 6.07) is 32.6. The number of carbonyl (C=O) groups is 4. The van der Waals surface area contributed by atoms with Crippen LogP contribution in [0.4, 0.5) is 0 Å². The second-order valence-corrected chi connectivity index (χ2v) is 18.1. The van der Waals surface area contributed by atoms with Gasteiger partial charge in [0.2, 0.25) is 0 Å². The number of ether oxygens (including phenoxy) is 4. The van der Waals surface area contributed by atoms with Crippen LogP contribution in [0.15, 0.2) is 119 Å². The van der Waals surface area contributed by atoms with Crippen molar-refractivity contribution in [2.45, 2.75) is 5.41 Å². The highest BCUT2D eigenvalue weighted by Gasteiger charge is 2.52. The first kappa shape index (κ1) is 38.7. The Labute approximate surface area is 366 Å². The molecule has 0 N–H and O–H groups in total. The summed E-state index contributed by atoms with van der Waals surface area (Å²) >= 11 is 5.88. The predicted octanol–water partition coefficient (Wildman–Crippen LogP) is 12.1. The van der Waals surface area contributed by atoms with Crippen LogP contribution in [-0.2, 0) is 24.4 Å². The van der Waals surface area contributed by atoms with Crippen LogP contribution in [0.2, 0.25) is 0 Å². The van der Waals surface area contributed by atoms with Gasteiger partial charge in [-0.15, -0.1) is 45.3 Å². The maximum atomic E-state index is 13.1. The quantitative estimate of drug-likeness (QED) is 0.110. The minimum atomic E-state index is -0.968. The molecule has 4 aromatic carbocycles. The van der Waals surface area contributed by atoms with Crippen LogP contribution >= 0.6 is 45.3 Å². The fourth-order valence-electron chi connectivity index (χ4n) is 9.01. The highest BCUT2D eigenvalue weighted by atomic mass is 32.1. The van der Waals surface area contributed by atoms with Gasteiger partial charge in [-0.2, -0.15) is 0 Å². The van der Waals surface area contributed by atoms with Crippen molar-refractivity contribution in [2.24, 2.45) is 0 Å². The van der Waals surface area contributed by atoms with E-state index in [0.717, 1.165) is 86.3 Å². The van der Waals surface area contributed by atoms with Crippen molar-refractivity contribution in [3.8, 4) is 64.0 Å². The Kier molecular flexibility index (Phi) is 9.48. The largest absolute Gasteiger partial charge is 0.465 e. The van der Waals surface area contributed by atoms with Gasteiger partial charge in [-0.25, -0.2) is 19.2 Å². The third-order valence-electron chi connectivity index (χ3n) is 11.6. The summed E-state index contributed by atoms with van der Waals surface area (Å²) in [4.78, 5) is 55.5. The molecule has 0 bridgehead atoms. The standard InChI is InChI=1S/C49H32O8S4/c1-54-45(50)33-13-17-58-41(33)25-5-9-29-30-10-6-26(42-34(14-18-59-42)46(51)55-2)22-38(30)49(37(29)21-25)39-23-27(43-35(15-19-60-43)47(52)56-3)7-11-31(39)32-12-8-28(24-40(32)49)44-36(16-20-61-44)48(53)57-4/h5-24H,1-4H3. The van der Waals surface area contributed by atoms with Crippen molar-refractivity contribution in [1.29, 1.82) is 0 Å². The lowest BCUT2D eigenvalue weighted by Gasteiger charge is -2.31. The second kappa shape index (κ2) is 14.9. The Hall–Kier alpha value is -6.44. The molecule has 0 saturated heterocycles. The molecule has 1 spiro atoms. The average molecular weight is 877 g/mol. The molecule has 61 heavy (non-hydrogen) atoms. The first-order valence-electron chi connectivity index (χ1n) is 19.0. The molecule has 0 radical (unpaired) electrons. The fraction of sp³-hybridized carbons (Fsp3) is 0.102. The van der Waals surface area contributed by atoms with Crippen molar-refractivity contribution in [2.75, 3.05) is 28.4 Å². The van der Waals surface area contributed by atoms with Gasteiger partial charge in [-0.05, 0) is 137 Å². The highest BCUT2D eigenvalue weighted by Crippen LogP contribution is 2.65. The van der Waals surface area contributed by atoms with Gasteiger partial charge in [0.05, 0.1) is 56.1 Å². The first-order valence-corrected chi connectivity index (χ1v) is 22.5. The van der Waals surface area contributed by atoms with Gasteiger partial charge >= 0.3 is 23.9 Å². The Bertz CT molecular complexity index is 2720. The van der Waals surface area contributed by atoms with Crippen molar-refractivity contribution < 1.29 is 38.1 Å². The van der Waals surface area contributed by atoms with Crippen molar-refractivity contribution in [3.05, 3.63) is 163 Å². The number of benzene rings is 4. The van der Waals surface area contributed by atoms with E-state index in [0.29, 0.717) is 22.3 Å². The molecule has 0 amide bonds. The Morgan fingerprint density at radius 1 is 0.361 bits per heavy atom. The molecule has 300 valence electrons. The number of thiophene rings is 4. The van der Waals surface area contributed by atoms with Gasteiger partial charge < -0.3 is 18.9 Å². The van der Waals surface area contributed by atoms with E-state index in [1.807, 2.05) is 21.5 Å². The van der Waals surface area contributed by atoms with E-state index >= 15 is 0 Å². The summed E-state index contributed by atoms with van der Waals surface area (Å²) in [5.41, 5.74) is 12.4. The van der Waals surface area contributed by atoms with E-state index in [-0.39, 0.29) is 0 Å². The monoisotopic (exact) mass is 876 g/mol. The molecule has 0 saturated carbocycles. The summed E-state index contributed by atoms with van der Waals surface area (Å²) in [5, 5.41) is 7.57. The van der Waals surface area contributed by atoms with Crippen molar-refractivity contribution in [3.63, 3.8) is 0 Å². The zero-order valence-electron chi connectivity index (χ0n) is 32.9. The van der Waals surface area contributed by atoms with Crippen LogP contribution in [0.1, 0.15) is 63.7 Å². The van der Waals surface area contributed by atoms with Crippen LogP contribution in [0.25, 0.3) is 64.0 Å². The molecular formula is C49H32O8S4. The average Bonchev–Trinajstić information content (AvgIpc) is 4.17. The molecule has 0 unspecified atom stereocenters. The lowest BCUT2D eigenvalue weighted by Crippen LogP contribution is -2.26. The summed E-state index contributed by atoms with van der Waals surface area (Å²) in [7, 11) is 5.54. The number of carbonyl (C=O) groups excluding carboxylic acids is 4. The van der Waals surface area contributed by atoms with Crippen molar-refractivity contribution >= 4 is 69.2 Å². The highest BCUT2D eigenvalue weighted by molar-refractivity contribution is 7.15. The maximum absolute atomic E-state index is 13.1. The number of fused-ring (bicyclic) bond motifs is 10. The third kappa shape index (κ3) is 5.74. The van der Waals surface area contributed by atoms with Gasteiger partial charge in [0.1, 0.15) is 0 Å². The minimum Gasteiger partial charge on any atom is -0.465 e. The fourth-order valence-corrected chi connectivity index (χ4v) is 12.5. The molecule has 2 aliphatic carbocycles. The van der Waals surface area contributed by atoms with E-state index < -0.39 is 29.3 Å². The third-order valence-corrected chi connectivity index (χ3v) is 15.5. The molecule has 4 heterocycles. The molecule has 12 heteroatoms. The molecule has 0 atom stereocenters. The smallest absolute Gasteiger partial charge is 0.339 e. The second-order valence-electron chi connectivity index (χ2n) is 14.4. The summed E-state index contributed by atoms with van der Waals surface area (Å²) in [6.45, 7) is 0. The zero-order valence-corrected chi connectivity index (χ0v) is 36.2. The Morgan fingerprint density at radius 3 is 0.803 bits per heavy atom. The number of hydrogen-bond acceptors (Lipinski definition) is 12. The molecule has 8 aromatic rings. The number of esters is 4. The normalized spacial score (nSPS) is 12.7. The van der Waals surface area contributed by atoms with Crippen LogP contribution in [0.3, 0.4) is 0 Å². The van der Waals surface area contributed by atoms with Gasteiger partial charge in [-0.1, -0.05) is 48.5 Å². The van der Waals surface area contributed by atoms with E-state index in [4.69, 9.17) is 18.9 Å². The van der Waals surface area contributed by atoms with Crippen LogP contribution in [-0.4, -0.2) is 52.3 Å². The lowest BCUT2D eigenvalue weighted by atomic mass is 9.69. The Morgan fingerprint density at radius 2 is 0.590 bits per heavy atom. The summed E-state index contributed by atoms with van der Waals surface area (Å²) in [6.07, 6.45) is 0. The number of hydrogen-bond donors (Lipinski definition) is 0. The molecule has 8 nitrogen and oxygen atoms in total.